The molecule has 3 aromatic rings. The molecule has 20 heavy (non-hydrogen) atoms. The van der Waals surface area contributed by atoms with Crippen LogP contribution in [-0.2, 0) is 0 Å². The number of aromatic carboxylic acids is 1. The Kier molecular flexibility index (Phi) is 3.12. The number of aromatic nitrogens is 1. The van der Waals surface area contributed by atoms with Crippen LogP contribution in [0, 0.1) is 6.92 Å². The van der Waals surface area contributed by atoms with E-state index in [1.54, 1.807) is 12.1 Å². The van der Waals surface area contributed by atoms with Gasteiger partial charge in [0.1, 0.15) is 0 Å². The van der Waals surface area contributed by atoms with E-state index in [1.165, 1.54) is 11.3 Å². The van der Waals surface area contributed by atoms with Gasteiger partial charge in [0.2, 0.25) is 0 Å². The molecule has 0 aliphatic rings. The van der Waals surface area contributed by atoms with Crippen molar-refractivity contribution in [3.63, 3.8) is 0 Å². The largest absolute Gasteiger partial charge is 0.478 e. The number of para-hydroxylation sites is 1. The fraction of sp³-hybridized carbons (Fsp3) is 0.0667. The van der Waals surface area contributed by atoms with Crippen LogP contribution >= 0.6 is 11.3 Å². The van der Waals surface area contributed by atoms with Crippen LogP contribution in [-0.4, -0.2) is 16.1 Å². The van der Waals surface area contributed by atoms with E-state index in [9.17, 15) is 9.90 Å². The lowest BCUT2D eigenvalue weighted by atomic mass is 10.1. The Balaban J connectivity index is 2.00. The number of benzene rings is 2. The first-order valence-corrected chi connectivity index (χ1v) is 6.92. The summed E-state index contributed by atoms with van der Waals surface area (Å²) in [5.74, 6) is -0.947. The zero-order chi connectivity index (χ0) is 14.1. The second-order valence-corrected chi connectivity index (χ2v) is 5.50. The fourth-order valence-corrected chi connectivity index (χ4v) is 2.86. The molecular formula is C15H12N2O2S. The number of carboxylic acids is 1. The van der Waals surface area contributed by atoms with E-state index >= 15 is 0 Å². The smallest absolute Gasteiger partial charge is 0.337 e. The standard InChI is InChI=1S/C15H12N2O2S/c1-9-6-7-11(10(8-9)14(18)19)16-15-17-12-4-2-3-5-13(12)20-15/h2-8H,1H3,(H,16,17)(H,18,19). The average molecular weight is 284 g/mol. The Morgan fingerprint density at radius 1 is 1.25 bits per heavy atom. The van der Waals surface area contributed by atoms with E-state index in [0.29, 0.717) is 10.8 Å². The van der Waals surface area contributed by atoms with Gasteiger partial charge in [0.15, 0.2) is 5.13 Å². The van der Waals surface area contributed by atoms with E-state index in [0.717, 1.165) is 15.8 Å². The first-order chi connectivity index (χ1) is 9.63. The van der Waals surface area contributed by atoms with Gasteiger partial charge in [-0.25, -0.2) is 9.78 Å². The van der Waals surface area contributed by atoms with Crippen molar-refractivity contribution in [1.82, 2.24) is 4.98 Å². The van der Waals surface area contributed by atoms with Crippen LogP contribution in [0.5, 0.6) is 0 Å². The molecular weight excluding hydrogens is 272 g/mol. The monoisotopic (exact) mass is 284 g/mol. The number of anilines is 2. The summed E-state index contributed by atoms with van der Waals surface area (Å²) in [6.07, 6.45) is 0. The van der Waals surface area contributed by atoms with E-state index in [4.69, 9.17) is 0 Å². The lowest BCUT2D eigenvalue weighted by Crippen LogP contribution is -2.02. The topological polar surface area (TPSA) is 62.2 Å². The second kappa shape index (κ2) is 4.94. The Bertz CT molecular complexity index is 762. The zero-order valence-electron chi connectivity index (χ0n) is 10.8. The average Bonchev–Trinajstić information content (AvgIpc) is 2.82. The Morgan fingerprint density at radius 2 is 2.05 bits per heavy atom. The molecule has 3 rings (SSSR count). The summed E-state index contributed by atoms with van der Waals surface area (Å²) < 4.78 is 1.07. The molecule has 0 radical (unpaired) electrons. The Morgan fingerprint density at radius 3 is 2.80 bits per heavy atom. The molecule has 0 aliphatic heterocycles. The number of hydrogen-bond donors (Lipinski definition) is 2. The minimum Gasteiger partial charge on any atom is -0.478 e. The zero-order valence-corrected chi connectivity index (χ0v) is 11.6. The van der Waals surface area contributed by atoms with Crippen LogP contribution in [0.4, 0.5) is 10.8 Å². The number of rotatable bonds is 3. The molecule has 4 nitrogen and oxygen atoms in total. The molecule has 0 amide bonds. The maximum Gasteiger partial charge on any atom is 0.337 e. The van der Waals surface area contributed by atoms with E-state index in [2.05, 4.69) is 10.3 Å². The molecule has 0 atom stereocenters. The van der Waals surface area contributed by atoms with Gasteiger partial charge >= 0.3 is 5.97 Å². The van der Waals surface area contributed by atoms with Crippen molar-refractivity contribution in [2.45, 2.75) is 6.92 Å². The van der Waals surface area contributed by atoms with Gasteiger partial charge in [0, 0.05) is 0 Å². The number of nitrogens with zero attached hydrogens (tertiary/aromatic N) is 1. The summed E-state index contributed by atoms with van der Waals surface area (Å²) in [6.45, 7) is 1.87. The number of nitrogens with one attached hydrogen (secondary N) is 1. The Hall–Kier alpha value is -2.40. The fourth-order valence-electron chi connectivity index (χ4n) is 1.98. The maximum absolute atomic E-state index is 11.3. The molecule has 2 N–H and O–H groups in total. The molecule has 0 bridgehead atoms. The maximum atomic E-state index is 11.3. The van der Waals surface area contributed by atoms with Crippen LogP contribution in [0.25, 0.3) is 10.2 Å². The van der Waals surface area contributed by atoms with Crippen molar-refractivity contribution < 1.29 is 9.90 Å². The van der Waals surface area contributed by atoms with Crippen molar-refractivity contribution >= 4 is 38.3 Å². The summed E-state index contributed by atoms with van der Waals surface area (Å²) in [5.41, 5.74) is 2.63. The van der Waals surface area contributed by atoms with Gasteiger partial charge in [0.25, 0.3) is 0 Å². The Labute approximate surface area is 119 Å². The highest BCUT2D eigenvalue weighted by Gasteiger charge is 2.12. The van der Waals surface area contributed by atoms with Crippen molar-refractivity contribution in [3.8, 4) is 0 Å². The van der Waals surface area contributed by atoms with Crippen molar-refractivity contribution in [1.29, 1.82) is 0 Å². The molecule has 1 heterocycles. The third-order valence-electron chi connectivity index (χ3n) is 2.94. The minimum absolute atomic E-state index is 0.254. The molecule has 2 aromatic carbocycles. The van der Waals surface area contributed by atoms with Crippen molar-refractivity contribution in [2.24, 2.45) is 0 Å². The molecule has 0 aliphatic carbocycles. The van der Waals surface area contributed by atoms with Crippen LogP contribution in [0.15, 0.2) is 42.5 Å². The summed E-state index contributed by atoms with van der Waals surface area (Å²) in [4.78, 5) is 15.7. The molecule has 100 valence electrons. The summed E-state index contributed by atoms with van der Waals surface area (Å²) in [6, 6.07) is 13.1. The van der Waals surface area contributed by atoms with Crippen molar-refractivity contribution in [3.05, 3.63) is 53.6 Å². The van der Waals surface area contributed by atoms with Crippen molar-refractivity contribution in [2.75, 3.05) is 5.32 Å². The first-order valence-electron chi connectivity index (χ1n) is 6.10. The molecule has 0 saturated carbocycles. The van der Waals surface area contributed by atoms with Gasteiger partial charge in [-0.05, 0) is 31.2 Å². The van der Waals surface area contributed by atoms with Crippen LogP contribution in [0.2, 0.25) is 0 Å². The molecule has 0 unspecified atom stereocenters. The van der Waals surface area contributed by atoms with Gasteiger partial charge in [-0.1, -0.05) is 35.1 Å². The number of aryl methyl sites for hydroxylation is 1. The number of carboxylic acid groups (broad SMARTS) is 1. The number of hydrogen-bond acceptors (Lipinski definition) is 4. The quantitative estimate of drug-likeness (QED) is 0.761. The molecule has 0 saturated heterocycles. The third kappa shape index (κ3) is 2.35. The number of carbonyl (C=O) groups is 1. The van der Waals surface area contributed by atoms with Crippen LogP contribution in [0.1, 0.15) is 15.9 Å². The summed E-state index contributed by atoms with van der Waals surface area (Å²) in [7, 11) is 0. The summed E-state index contributed by atoms with van der Waals surface area (Å²) >= 11 is 1.50. The van der Waals surface area contributed by atoms with Gasteiger partial charge in [-0.2, -0.15) is 0 Å². The normalized spacial score (nSPS) is 10.7. The van der Waals surface area contributed by atoms with Crippen LogP contribution in [0.3, 0.4) is 0 Å². The van der Waals surface area contributed by atoms with E-state index < -0.39 is 5.97 Å². The second-order valence-electron chi connectivity index (χ2n) is 4.47. The highest BCUT2D eigenvalue weighted by Crippen LogP contribution is 2.29. The van der Waals surface area contributed by atoms with Gasteiger partial charge in [-0.15, -0.1) is 0 Å². The van der Waals surface area contributed by atoms with Gasteiger partial charge in [0.05, 0.1) is 21.5 Å². The lowest BCUT2D eigenvalue weighted by Gasteiger charge is -2.07. The van der Waals surface area contributed by atoms with E-state index in [1.807, 2.05) is 37.3 Å². The summed E-state index contributed by atoms with van der Waals surface area (Å²) in [5, 5.41) is 13.0. The number of fused-ring (bicyclic) bond motifs is 1. The molecule has 5 heteroatoms. The first kappa shape index (κ1) is 12.6. The molecule has 0 spiro atoms. The molecule has 1 aromatic heterocycles. The predicted octanol–water partition coefficient (Wildman–Crippen LogP) is 4.05. The highest BCUT2D eigenvalue weighted by molar-refractivity contribution is 7.22. The van der Waals surface area contributed by atoms with Gasteiger partial charge < -0.3 is 10.4 Å². The predicted molar refractivity (Wildman–Crippen MR) is 81.0 cm³/mol. The third-order valence-corrected chi connectivity index (χ3v) is 3.89. The SMILES string of the molecule is Cc1ccc(Nc2nc3ccccc3s2)c(C(=O)O)c1. The minimum atomic E-state index is -0.947. The van der Waals surface area contributed by atoms with Gasteiger partial charge in [-0.3, -0.25) is 0 Å². The molecule has 0 fully saturated rings. The highest BCUT2D eigenvalue weighted by atomic mass is 32.1. The van der Waals surface area contributed by atoms with Crippen LogP contribution < -0.4 is 5.32 Å². The lowest BCUT2D eigenvalue weighted by molar-refractivity contribution is 0.0698. The number of thiazole rings is 1. The van der Waals surface area contributed by atoms with E-state index in [-0.39, 0.29) is 5.56 Å².